The molecule has 1 aliphatic rings. The fourth-order valence-corrected chi connectivity index (χ4v) is 4.79. The predicted octanol–water partition coefficient (Wildman–Crippen LogP) is 4.70. The molecule has 8 heteroatoms. The number of hydrogen-bond donors (Lipinski definition) is 1. The van der Waals surface area contributed by atoms with Crippen molar-refractivity contribution in [3.05, 3.63) is 63.7 Å². The molecule has 3 aromatic rings. The Morgan fingerprint density at radius 3 is 2.74 bits per heavy atom. The molecule has 4 rings (SSSR count). The molecule has 31 heavy (non-hydrogen) atoms. The number of thiazole rings is 1. The molecule has 160 valence electrons. The first kappa shape index (κ1) is 21.6. The molecule has 0 atom stereocenters. The van der Waals surface area contributed by atoms with Gasteiger partial charge in [0.15, 0.2) is 0 Å². The molecule has 6 nitrogen and oxygen atoms in total. The molecule has 0 radical (unpaired) electrons. The highest BCUT2D eigenvalue weighted by Crippen LogP contribution is 2.27. The van der Waals surface area contributed by atoms with Gasteiger partial charge in [0, 0.05) is 40.6 Å². The number of amides is 2. The number of aryl methyl sites for hydroxylation is 1. The van der Waals surface area contributed by atoms with Gasteiger partial charge in [-0.3, -0.25) is 9.59 Å². The maximum Gasteiger partial charge on any atom is 0.228 e. The molecular weight excluding hydrogens is 476 g/mol. The Labute approximate surface area is 193 Å². The first-order chi connectivity index (χ1) is 15.0. The molecule has 1 aliphatic heterocycles. The van der Waals surface area contributed by atoms with Gasteiger partial charge in [0.2, 0.25) is 11.8 Å². The number of carbonyl (C=O) groups is 2. The molecule has 3 heterocycles. The number of aromatic nitrogens is 2. The third-order valence-corrected chi connectivity index (χ3v) is 6.77. The van der Waals surface area contributed by atoms with Gasteiger partial charge in [-0.2, -0.15) is 0 Å². The van der Waals surface area contributed by atoms with Gasteiger partial charge in [-0.05, 0) is 43.5 Å². The van der Waals surface area contributed by atoms with Crippen molar-refractivity contribution in [2.45, 2.75) is 26.2 Å². The van der Waals surface area contributed by atoms with Crippen LogP contribution >= 0.6 is 27.3 Å². The number of nitrogens with zero attached hydrogens (tertiary/aromatic N) is 3. The van der Waals surface area contributed by atoms with E-state index in [-0.39, 0.29) is 24.2 Å². The fraction of sp³-hybridized carbons (Fsp3) is 0.304. The van der Waals surface area contributed by atoms with Gasteiger partial charge in [-0.25, -0.2) is 9.97 Å². The monoisotopic (exact) mass is 498 g/mol. The quantitative estimate of drug-likeness (QED) is 0.553. The second-order valence-electron chi connectivity index (χ2n) is 7.70. The molecule has 1 aromatic carbocycles. The summed E-state index contributed by atoms with van der Waals surface area (Å²) in [7, 11) is 0. The van der Waals surface area contributed by atoms with Crippen molar-refractivity contribution in [3.8, 4) is 10.6 Å². The van der Waals surface area contributed by atoms with Crippen molar-refractivity contribution in [1.82, 2.24) is 14.9 Å². The van der Waals surface area contributed by atoms with Crippen molar-refractivity contribution in [2.24, 2.45) is 5.92 Å². The molecule has 2 amide bonds. The van der Waals surface area contributed by atoms with E-state index < -0.39 is 0 Å². The Kier molecular flexibility index (Phi) is 6.77. The molecule has 0 unspecified atom stereocenters. The molecular formula is C23H23BrN4O2S. The largest absolute Gasteiger partial charge is 0.342 e. The lowest BCUT2D eigenvalue weighted by Crippen LogP contribution is -2.42. The summed E-state index contributed by atoms with van der Waals surface area (Å²) in [6.07, 6.45) is 3.33. The van der Waals surface area contributed by atoms with E-state index in [2.05, 4.69) is 31.2 Å². The number of piperidine rings is 1. The molecule has 0 spiro atoms. The van der Waals surface area contributed by atoms with Crippen LogP contribution in [0.25, 0.3) is 10.6 Å². The second kappa shape index (κ2) is 9.70. The van der Waals surface area contributed by atoms with E-state index >= 15 is 0 Å². The zero-order valence-corrected chi connectivity index (χ0v) is 19.6. The lowest BCUT2D eigenvalue weighted by atomic mass is 9.95. The van der Waals surface area contributed by atoms with Crippen molar-refractivity contribution in [3.63, 3.8) is 0 Å². The highest BCUT2D eigenvalue weighted by molar-refractivity contribution is 9.10. The van der Waals surface area contributed by atoms with Gasteiger partial charge in [0.05, 0.1) is 12.1 Å². The van der Waals surface area contributed by atoms with Crippen molar-refractivity contribution < 1.29 is 9.59 Å². The smallest absolute Gasteiger partial charge is 0.228 e. The summed E-state index contributed by atoms with van der Waals surface area (Å²) in [5.74, 6) is 0.500. The van der Waals surface area contributed by atoms with Crippen LogP contribution in [-0.2, 0) is 16.0 Å². The summed E-state index contributed by atoms with van der Waals surface area (Å²) in [6.45, 7) is 3.13. The number of hydrogen-bond acceptors (Lipinski definition) is 5. The number of benzene rings is 1. The SMILES string of the molecule is Cc1ccc(NC(=O)C2CCN(C(=O)Cc3csc(-c4cccc(Br)c4)n3)CC2)nc1. The number of halogens is 1. The number of anilines is 1. The summed E-state index contributed by atoms with van der Waals surface area (Å²) < 4.78 is 1.00. The Morgan fingerprint density at radius 1 is 1.23 bits per heavy atom. The number of carbonyl (C=O) groups excluding carboxylic acids is 2. The predicted molar refractivity (Wildman–Crippen MR) is 126 cm³/mol. The average Bonchev–Trinajstić information content (AvgIpc) is 3.24. The minimum Gasteiger partial charge on any atom is -0.342 e. The highest BCUT2D eigenvalue weighted by atomic mass is 79.9. The maximum atomic E-state index is 12.7. The van der Waals surface area contributed by atoms with Crippen LogP contribution in [0.3, 0.4) is 0 Å². The van der Waals surface area contributed by atoms with Gasteiger partial charge in [0.25, 0.3) is 0 Å². The average molecular weight is 499 g/mol. The van der Waals surface area contributed by atoms with Crippen LogP contribution in [0.5, 0.6) is 0 Å². The van der Waals surface area contributed by atoms with E-state index in [1.165, 1.54) is 0 Å². The molecule has 0 saturated carbocycles. The molecule has 1 saturated heterocycles. The zero-order valence-electron chi connectivity index (χ0n) is 17.2. The van der Waals surface area contributed by atoms with Crippen LogP contribution in [0, 0.1) is 12.8 Å². The first-order valence-corrected chi connectivity index (χ1v) is 11.9. The summed E-state index contributed by atoms with van der Waals surface area (Å²) in [6, 6.07) is 11.7. The van der Waals surface area contributed by atoms with E-state index in [9.17, 15) is 9.59 Å². The van der Waals surface area contributed by atoms with Crippen molar-refractivity contribution in [1.29, 1.82) is 0 Å². The summed E-state index contributed by atoms with van der Waals surface area (Å²) >= 11 is 5.02. The number of pyridine rings is 1. The Hall–Kier alpha value is -2.58. The third-order valence-electron chi connectivity index (χ3n) is 5.34. The van der Waals surface area contributed by atoms with E-state index in [1.807, 2.05) is 53.6 Å². The van der Waals surface area contributed by atoms with Crippen LogP contribution in [0.4, 0.5) is 5.82 Å². The number of nitrogens with one attached hydrogen (secondary N) is 1. The van der Waals surface area contributed by atoms with E-state index in [0.717, 1.165) is 26.3 Å². The number of rotatable bonds is 5. The zero-order chi connectivity index (χ0) is 21.8. The lowest BCUT2D eigenvalue weighted by molar-refractivity contribution is -0.133. The lowest BCUT2D eigenvalue weighted by Gasteiger charge is -2.31. The van der Waals surface area contributed by atoms with Gasteiger partial charge in [0.1, 0.15) is 10.8 Å². The van der Waals surface area contributed by atoms with Gasteiger partial charge in [-0.15, -0.1) is 11.3 Å². The van der Waals surface area contributed by atoms with Crippen LogP contribution in [-0.4, -0.2) is 39.8 Å². The summed E-state index contributed by atoms with van der Waals surface area (Å²) in [5.41, 5.74) is 2.87. The maximum absolute atomic E-state index is 12.7. The summed E-state index contributed by atoms with van der Waals surface area (Å²) in [4.78, 5) is 36.0. The Balaban J connectivity index is 1.28. The Bertz CT molecular complexity index is 1080. The van der Waals surface area contributed by atoms with Crippen molar-refractivity contribution in [2.75, 3.05) is 18.4 Å². The normalized spacial score (nSPS) is 14.5. The highest BCUT2D eigenvalue weighted by Gasteiger charge is 2.27. The van der Waals surface area contributed by atoms with Crippen LogP contribution in [0.2, 0.25) is 0 Å². The van der Waals surface area contributed by atoms with Crippen LogP contribution in [0.15, 0.2) is 52.4 Å². The van der Waals surface area contributed by atoms with Gasteiger partial charge >= 0.3 is 0 Å². The molecule has 2 aromatic heterocycles. The van der Waals surface area contributed by atoms with Gasteiger partial charge < -0.3 is 10.2 Å². The standard InChI is InChI=1S/C23H23BrN4O2S/c1-15-5-6-20(25-13-15)27-22(30)16-7-9-28(10-8-16)21(29)12-19-14-31-23(26-19)17-3-2-4-18(24)11-17/h2-6,11,13-14,16H,7-10,12H2,1H3,(H,25,27,30). The molecule has 1 N–H and O–H groups in total. The van der Waals surface area contributed by atoms with E-state index in [0.29, 0.717) is 31.7 Å². The fourth-order valence-electron chi connectivity index (χ4n) is 3.57. The molecule has 1 fully saturated rings. The number of likely N-dealkylation sites (tertiary alicyclic amines) is 1. The third kappa shape index (κ3) is 5.57. The topological polar surface area (TPSA) is 75.2 Å². The molecule has 0 bridgehead atoms. The van der Waals surface area contributed by atoms with Crippen LogP contribution < -0.4 is 5.32 Å². The van der Waals surface area contributed by atoms with E-state index in [1.54, 1.807) is 17.5 Å². The second-order valence-corrected chi connectivity index (χ2v) is 9.47. The van der Waals surface area contributed by atoms with Gasteiger partial charge in [-0.1, -0.05) is 34.1 Å². The minimum atomic E-state index is -0.102. The van der Waals surface area contributed by atoms with E-state index in [4.69, 9.17) is 0 Å². The first-order valence-electron chi connectivity index (χ1n) is 10.2. The Morgan fingerprint density at radius 2 is 2.03 bits per heavy atom. The van der Waals surface area contributed by atoms with Crippen molar-refractivity contribution >= 4 is 44.9 Å². The summed E-state index contributed by atoms with van der Waals surface area (Å²) in [5, 5.41) is 5.73. The van der Waals surface area contributed by atoms with Crippen LogP contribution in [0.1, 0.15) is 24.1 Å². The molecule has 0 aliphatic carbocycles. The minimum absolute atomic E-state index is 0.0263.